The van der Waals surface area contributed by atoms with Gasteiger partial charge < -0.3 is 10.6 Å². The van der Waals surface area contributed by atoms with Crippen LogP contribution in [0.2, 0.25) is 0 Å². The van der Waals surface area contributed by atoms with Gasteiger partial charge in [-0.2, -0.15) is 5.10 Å². The Bertz CT molecular complexity index is 322. The second-order valence-corrected chi connectivity index (χ2v) is 4.43. The van der Waals surface area contributed by atoms with Crippen molar-refractivity contribution in [3.63, 3.8) is 0 Å². The van der Waals surface area contributed by atoms with E-state index in [2.05, 4.69) is 22.0 Å². The van der Waals surface area contributed by atoms with E-state index in [0.717, 1.165) is 18.7 Å². The van der Waals surface area contributed by atoms with Crippen LogP contribution < -0.4 is 5.73 Å². The zero-order valence-corrected chi connectivity index (χ0v) is 9.89. The third kappa shape index (κ3) is 2.70. The summed E-state index contributed by atoms with van der Waals surface area (Å²) in [6.07, 6.45) is 4.95. The molecule has 2 heterocycles. The molecule has 1 fully saturated rings. The number of likely N-dealkylation sites (tertiary alicyclic amines) is 1. The van der Waals surface area contributed by atoms with Gasteiger partial charge in [-0.3, -0.25) is 0 Å². The Morgan fingerprint density at radius 1 is 1.38 bits per heavy atom. The van der Waals surface area contributed by atoms with Crippen LogP contribution in [-0.4, -0.2) is 34.2 Å². The van der Waals surface area contributed by atoms with Crippen molar-refractivity contribution in [2.75, 3.05) is 18.8 Å². The second-order valence-electron chi connectivity index (χ2n) is 4.43. The van der Waals surface area contributed by atoms with E-state index in [1.807, 2.05) is 12.1 Å². The quantitative estimate of drug-likeness (QED) is 0.838. The fourth-order valence-electron chi connectivity index (χ4n) is 2.43. The Morgan fingerprint density at radius 3 is 2.94 bits per heavy atom. The van der Waals surface area contributed by atoms with Crippen molar-refractivity contribution in [3.05, 3.63) is 17.8 Å². The summed E-state index contributed by atoms with van der Waals surface area (Å²) in [6.45, 7) is 4.59. The molecule has 0 aromatic carbocycles. The average Bonchev–Trinajstić information content (AvgIpc) is 2.33. The number of aromatic nitrogens is 2. The Hall–Kier alpha value is -1.16. The van der Waals surface area contributed by atoms with E-state index in [1.165, 1.54) is 25.8 Å². The molecule has 2 N–H and O–H groups in total. The zero-order valence-electron chi connectivity index (χ0n) is 9.89. The van der Waals surface area contributed by atoms with Crippen LogP contribution in [0.15, 0.2) is 12.1 Å². The summed E-state index contributed by atoms with van der Waals surface area (Å²) < 4.78 is 0. The van der Waals surface area contributed by atoms with Crippen molar-refractivity contribution in [2.24, 2.45) is 0 Å². The maximum Gasteiger partial charge on any atom is 0.146 e. The first-order valence-corrected chi connectivity index (χ1v) is 6.11. The van der Waals surface area contributed by atoms with E-state index in [0.29, 0.717) is 11.9 Å². The van der Waals surface area contributed by atoms with Crippen LogP contribution in [-0.2, 0) is 6.42 Å². The lowest BCUT2D eigenvalue weighted by molar-refractivity contribution is 0.154. The number of anilines is 1. The molecular formula is C12H20N4. The Kier molecular flexibility index (Phi) is 3.72. The molecule has 0 spiro atoms. The van der Waals surface area contributed by atoms with Gasteiger partial charge in [-0.1, -0.05) is 13.3 Å². The summed E-state index contributed by atoms with van der Waals surface area (Å²) in [4.78, 5) is 2.54. The smallest absolute Gasteiger partial charge is 0.146 e. The van der Waals surface area contributed by atoms with E-state index in [1.54, 1.807) is 0 Å². The molecule has 1 aromatic heterocycles. The zero-order chi connectivity index (χ0) is 11.4. The van der Waals surface area contributed by atoms with Crippen molar-refractivity contribution in [1.82, 2.24) is 15.1 Å². The maximum atomic E-state index is 5.53. The summed E-state index contributed by atoms with van der Waals surface area (Å²) in [5.74, 6) is 0.500. The molecule has 1 unspecified atom stereocenters. The van der Waals surface area contributed by atoms with Crippen LogP contribution in [0.25, 0.3) is 0 Å². The molecule has 0 bridgehead atoms. The summed E-state index contributed by atoms with van der Waals surface area (Å²) >= 11 is 0. The highest BCUT2D eigenvalue weighted by Gasteiger charge is 2.21. The number of hydrogen-bond donors (Lipinski definition) is 1. The lowest BCUT2D eigenvalue weighted by Gasteiger charge is -2.34. The molecular weight excluding hydrogens is 200 g/mol. The lowest BCUT2D eigenvalue weighted by atomic mass is 9.98. The van der Waals surface area contributed by atoms with Gasteiger partial charge in [0.05, 0.1) is 5.69 Å². The molecule has 2 rings (SSSR count). The van der Waals surface area contributed by atoms with Gasteiger partial charge in [0.1, 0.15) is 5.82 Å². The number of nitrogens with zero attached hydrogens (tertiary/aromatic N) is 3. The summed E-state index contributed by atoms with van der Waals surface area (Å²) in [5, 5.41) is 8.04. The van der Waals surface area contributed by atoms with E-state index >= 15 is 0 Å². The molecule has 1 aliphatic heterocycles. The van der Waals surface area contributed by atoms with Crippen molar-refractivity contribution >= 4 is 5.82 Å². The highest BCUT2D eigenvalue weighted by atomic mass is 15.2. The van der Waals surface area contributed by atoms with Gasteiger partial charge >= 0.3 is 0 Å². The highest BCUT2D eigenvalue weighted by molar-refractivity contribution is 5.25. The number of nitrogens with two attached hydrogens (primary N) is 1. The Morgan fingerprint density at radius 2 is 2.25 bits per heavy atom. The Balaban J connectivity index is 1.99. The first-order valence-electron chi connectivity index (χ1n) is 6.11. The van der Waals surface area contributed by atoms with Crippen LogP contribution in [0, 0.1) is 0 Å². The monoisotopic (exact) mass is 220 g/mol. The fourth-order valence-corrected chi connectivity index (χ4v) is 2.43. The molecule has 1 atom stereocenters. The molecule has 4 heteroatoms. The highest BCUT2D eigenvalue weighted by Crippen LogP contribution is 2.19. The van der Waals surface area contributed by atoms with Crippen LogP contribution in [0.4, 0.5) is 5.82 Å². The molecule has 0 aliphatic carbocycles. The van der Waals surface area contributed by atoms with Crippen molar-refractivity contribution in [2.45, 2.75) is 38.6 Å². The standard InChI is InChI=1S/C12H20N4/c1-2-16-8-4-3-5-11(16)9-10-6-7-12(13)15-14-10/h6-7,11H,2-5,8-9H2,1H3,(H2,13,15). The van der Waals surface area contributed by atoms with E-state index < -0.39 is 0 Å². The fraction of sp³-hybridized carbons (Fsp3) is 0.667. The normalized spacial score (nSPS) is 22.2. The number of likely N-dealkylation sites (N-methyl/N-ethyl adjacent to an activating group) is 1. The van der Waals surface area contributed by atoms with Crippen LogP contribution in [0.3, 0.4) is 0 Å². The third-order valence-corrected chi connectivity index (χ3v) is 3.34. The van der Waals surface area contributed by atoms with Gasteiger partial charge in [-0.25, -0.2) is 0 Å². The van der Waals surface area contributed by atoms with Gasteiger partial charge in [0, 0.05) is 12.5 Å². The summed E-state index contributed by atoms with van der Waals surface area (Å²) in [6, 6.07) is 4.46. The minimum Gasteiger partial charge on any atom is -0.382 e. The maximum absolute atomic E-state index is 5.53. The first-order chi connectivity index (χ1) is 7.79. The molecule has 4 nitrogen and oxygen atoms in total. The van der Waals surface area contributed by atoms with Crippen LogP contribution in [0.1, 0.15) is 31.9 Å². The molecule has 88 valence electrons. The molecule has 0 amide bonds. The SMILES string of the molecule is CCN1CCCCC1Cc1ccc(N)nn1. The molecule has 1 aromatic rings. The summed E-state index contributed by atoms with van der Waals surface area (Å²) in [5.41, 5.74) is 6.58. The first kappa shape index (κ1) is 11.3. The van der Waals surface area contributed by atoms with Crippen molar-refractivity contribution in [1.29, 1.82) is 0 Å². The molecule has 0 saturated carbocycles. The van der Waals surface area contributed by atoms with E-state index in [-0.39, 0.29) is 0 Å². The predicted molar refractivity (Wildman–Crippen MR) is 65.0 cm³/mol. The van der Waals surface area contributed by atoms with Gasteiger partial charge in [-0.15, -0.1) is 5.10 Å². The average molecular weight is 220 g/mol. The van der Waals surface area contributed by atoms with Crippen LogP contribution >= 0.6 is 0 Å². The molecule has 0 radical (unpaired) electrons. The van der Waals surface area contributed by atoms with E-state index in [4.69, 9.17) is 5.73 Å². The summed E-state index contributed by atoms with van der Waals surface area (Å²) in [7, 11) is 0. The van der Waals surface area contributed by atoms with E-state index in [9.17, 15) is 0 Å². The van der Waals surface area contributed by atoms with Gasteiger partial charge in [-0.05, 0) is 38.1 Å². The minimum absolute atomic E-state index is 0.500. The lowest BCUT2D eigenvalue weighted by Crippen LogP contribution is -2.40. The number of piperidine rings is 1. The number of nitrogen functional groups attached to an aromatic ring is 1. The number of rotatable bonds is 3. The topological polar surface area (TPSA) is 55.0 Å². The van der Waals surface area contributed by atoms with Gasteiger partial charge in [0.25, 0.3) is 0 Å². The third-order valence-electron chi connectivity index (χ3n) is 3.34. The number of hydrogen-bond acceptors (Lipinski definition) is 4. The van der Waals surface area contributed by atoms with Gasteiger partial charge in [0.2, 0.25) is 0 Å². The second kappa shape index (κ2) is 5.25. The largest absolute Gasteiger partial charge is 0.382 e. The predicted octanol–water partition coefficient (Wildman–Crippen LogP) is 1.48. The molecule has 16 heavy (non-hydrogen) atoms. The molecule has 1 aliphatic rings. The van der Waals surface area contributed by atoms with Crippen LogP contribution in [0.5, 0.6) is 0 Å². The van der Waals surface area contributed by atoms with Crippen molar-refractivity contribution in [3.8, 4) is 0 Å². The molecule has 1 saturated heterocycles. The Labute approximate surface area is 96.9 Å². The minimum atomic E-state index is 0.500. The van der Waals surface area contributed by atoms with Crippen molar-refractivity contribution < 1.29 is 0 Å². The van der Waals surface area contributed by atoms with Gasteiger partial charge in [0.15, 0.2) is 0 Å².